The van der Waals surface area contributed by atoms with Gasteiger partial charge in [-0.3, -0.25) is 0 Å². The molecule has 0 aromatic carbocycles. The van der Waals surface area contributed by atoms with Gasteiger partial charge in [-0.1, -0.05) is 0 Å². The normalized spacial score (nSPS) is 18.0. The number of hydrogen-bond acceptors (Lipinski definition) is 0. The Hall–Kier alpha value is 2.43. The van der Waals surface area contributed by atoms with E-state index >= 15 is 0 Å². The second kappa shape index (κ2) is 3.61. The van der Waals surface area contributed by atoms with Gasteiger partial charge in [0.2, 0.25) is 0 Å². The summed E-state index contributed by atoms with van der Waals surface area (Å²) in [6, 6.07) is 0. The van der Waals surface area contributed by atoms with Crippen molar-refractivity contribution in [3.63, 3.8) is 0 Å². The number of rotatable bonds is 0. The predicted molar refractivity (Wildman–Crippen MR) is 37.0 cm³/mol. The van der Waals surface area contributed by atoms with Crippen LogP contribution in [0, 0.1) is 0 Å². The number of hydrogen-bond donors (Lipinski definition) is 0. The van der Waals surface area contributed by atoms with Gasteiger partial charge in [0.15, 0.2) is 0 Å². The van der Waals surface area contributed by atoms with E-state index in [4.69, 9.17) is 0 Å². The SMILES string of the molecule is [GeH3][SnH]([GeH3])[GeH3]. The minimum atomic E-state index is -0.0742. The average molecular weight is 347 g/mol. The molecule has 0 heterocycles. The van der Waals surface area contributed by atoms with Crippen LogP contribution in [0.3, 0.4) is 0 Å². The van der Waals surface area contributed by atoms with Crippen LogP contribution in [-0.4, -0.2) is 52.3 Å². The molecule has 0 amide bonds. The van der Waals surface area contributed by atoms with Crippen molar-refractivity contribution in [3.8, 4) is 0 Å². The summed E-state index contributed by atoms with van der Waals surface area (Å²) >= 11 is 4.24. The molecule has 0 aliphatic heterocycles. The van der Waals surface area contributed by atoms with Gasteiger partial charge in [0.05, 0.1) is 0 Å². The van der Waals surface area contributed by atoms with Crippen LogP contribution in [0.1, 0.15) is 0 Å². The van der Waals surface area contributed by atoms with Gasteiger partial charge in [0.1, 0.15) is 0 Å². The molecule has 0 nitrogen and oxygen atoms in total. The fourth-order valence-corrected chi connectivity index (χ4v) is 0. The minimum absolute atomic E-state index is 0.0742. The van der Waals surface area contributed by atoms with Crippen molar-refractivity contribution < 1.29 is 0 Å². The first-order valence-corrected chi connectivity index (χ1v) is 60.4. The van der Waals surface area contributed by atoms with Gasteiger partial charge in [-0.2, -0.15) is 0 Å². The summed E-state index contributed by atoms with van der Waals surface area (Å²) in [4.78, 5) is 0. The van der Waals surface area contributed by atoms with Crippen LogP contribution < -0.4 is 0 Å². The van der Waals surface area contributed by atoms with Gasteiger partial charge in [-0.25, -0.2) is 0 Å². The Labute approximate surface area is 51.3 Å². The summed E-state index contributed by atoms with van der Waals surface area (Å²) in [6.07, 6.45) is 0. The quantitative estimate of drug-likeness (QED) is 0.390. The van der Waals surface area contributed by atoms with Gasteiger partial charge in [0.25, 0.3) is 0 Å². The molecule has 0 saturated heterocycles. The van der Waals surface area contributed by atoms with E-state index in [1.54, 1.807) is 0 Å². The van der Waals surface area contributed by atoms with Crippen LogP contribution in [0.2, 0.25) is 0 Å². The topological polar surface area (TPSA) is 0 Å². The fraction of sp³-hybridized carbons (Fsp3) is 0. The third-order valence-electron chi connectivity index (χ3n) is 0. The Balaban J connectivity index is 2.32. The van der Waals surface area contributed by atoms with E-state index in [2.05, 4.69) is 0 Å². The molecule has 0 aromatic heterocycles. The summed E-state index contributed by atoms with van der Waals surface area (Å²) in [5, 5.41) is 0. The molecule has 0 spiro atoms. The first-order valence-electron chi connectivity index (χ1n) is 1.73. The van der Waals surface area contributed by atoms with Crippen LogP contribution in [0.25, 0.3) is 0 Å². The molecule has 0 aromatic rings. The molecule has 0 radical (unpaired) electrons. The van der Waals surface area contributed by atoms with Gasteiger partial charge in [0, 0.05) is 0 Å². The Morgan fingerprint density at radius 1 is 1.00 bits per heavy atom. The van der Waals surface area contributed by atoms with E-state index in [-0.39, 0.29) is 12.6 Å². The monoisotopic (exact) mass is 352 g/mol. The first kappa shape index (κ1) is 6.43. The van der Waals surface area contributed by atoms with Crippen molar-refractivity contribution in [2.24, 2.45) is 0 Å². The molecule has 0 N–H and O–H groups in total. The van der Waals surface area contributed by atoms with Crippen molar-refractivity contribution in [1.82, 2.24) is 0 Å². The predicted octanol–water partition coefficient (Wildman–Crippen LogP) is -4.20. The van der Waals surface area contributed by atoms with Crippen LogP contribution >= 0.6 is 0 Å². The van der Waals surface area contributed by atoms with Crippen molar-refractivity contribution in [1.29, 1.82) is 0 Å². The maximum absolute atomic E-state index is 1.44. The van der Waals surface area contributed by atoms with E-state index in [0.717, 1.165) is 0 Å². The first-order chi connectivity index (χ1) is 1.73. The zero-order valence-electron chi connectivity index (χ0n) is 3.58. The Kier molecular flexibility index (Phi) is 5.80. The molecule has 0 bridgehead atoms. The molecule has 26 valence electrons. The second-order valence-electron chi connectivity index (χ2n) is 1.73. The van der Waals surface area contributed by atoms with E-state index < -0.39 is 0 Å². The van der Waals surface area contributed by atoms with Gasteiger partial charge in [-0.05, 0) is 0 Å². The summed E-state index contributed by atoms with van der Waals surface area (Å²) in [6.45, 7) is 0. The molecule has 0 aliphatic carbocycles. The molecule has 0 unspecified atom stereocenters. The van der Waals surface area contributed by atoms with E-state index in [0.29, 0.717) is 0 Å². The molecule has 0 saturated carbocycles. The summed E-state index contributed by atoms with van der Waals surface area (Å²) < 4.78 is 0. The maximum atomic E-state index is 1.44. The van der Waals surface area contributed by atoms with Crippen molar-refractivity contribution in [3.05, 3.63) is 0 Å². The molecule has 0 atom stereocenters. The van der Waals surface area contributed by atoms with Crippen molar-refractivity contribution in [2.45, 2.75) is 0 Å². The van der Waals surface area contributed by atoms with E-state index in [1.807, 2.05) is 0 Å². The third-order valence-corrected chi connectivity index (χ3v) is 0. The molecule has 4 heavy (non-hydrogen) atoms. The summed E-state index contributed by atoms with van der Waals surface area (Å²) in [5.74, 6) is 0. The van der Waals surface area contributed by atoms with Crippen LogP contribution in [-0.2, 0) is 0 Å². The molecule has 0 aliphatic rings. The van der Waals surface area contributed by atoms with Crippen LogP contribution in [0.4, 0.5) is 0 Å². The van der Waals surface area contributed by atoms with Gasteiger partial charge >= 0.3 is 52.3 Å². The molecule has 0 rings (SSSR count). The molecule has 0 fully saturated rings. The zero-order chi connectivity index (χ0) is 3.58. The van der Waals surface area contributed by atoms with Crippen LogP contribution in [0.15, 0.2) is 0 Å². The summed E-state index contributed by atoms with van der Waals surface area (Å²) in [5.41, 5.74) is 0. The zero-order valence-corrected chi connectivity index (χ0v) is 19.5. The van der Waals surface area contributed by atoms with Gasteiger partial charge < -0.3 is 0 Å². The average Bonchev–Trinajstić information content (AvgIpc) is 0.811. The summed E-state index contributed by atoms with van der Waals surface area (Å²) in [7, 11) is 0. The Morgan fingerprint density at radius 3 is 1.00 bits per heavy atom. The molecular weight excluding hydrogens is 337 g/mol. The van der Waals surface area contributed by atoms with Gasteiger partial charge in [-0.15, -0.1) is 0 Å². The standard InChI is InChI=1S/3GeH3.Sn.H/h3*1H3;;. The Morgan fingerprint density at radius 2 is 1.00 bits per heavy atom. The second-order valence-corrected chi connectivity index (χ2v) is 314. The molecule has 4 heteroatoms. The van der Waals surface area contributed by atoms with Crippen LogP contribution in [0.5, 0.6) is 0 Å². The van der Waals surface area contributed by atoms with Crippen molar-refractivity contribution in [2.75, 3.05) is 0 Å². The Bertz CT molecular complexity index is 8.00. The molecular formula is H10Ge3Sn. The van der Waals surface area contributed by atoms with E-state index in [1.165, 1.54) is 39.7 Å². The third kappa shape index (κ3) is 8.83. The van der Waals surface area contributed by atoms with E-state index in [9.17, 15) is 0 Å². The van der Waals surface area contributed by atoms with Crippen molar-refractivity contribution >= 4 is 52.3 Å². The fourth-order valence-electron chi connectivity index (χ4n) is 0.